The molecule has 0 aliphatic carbocycles. The van der Waals surface area contributed by atoms with E-state index in [-0.39, 0.29) is 17.0 Å². The van der Waals surface area contributed by atoms with Crippen LogP contribution in [0.2, 0.25) is 0 Å². The molecule has 3 aromatic rings. The van der Waals surface area contributed by atoms with E-state index in [9.17, 15) is 14.3 Å². The highest BCUT2D eigenvalue weighted by atomic mass is 19.1. The van der Waals surface area contributed by atoms with E-state index in [2.05, 4.69) is 10.1 Å². The lowest BCUT2D eigenvalue weighted by Gasteiger charge is -2.09. The maximum absolute atomic E-state index is 13.6. The second-order valence-corrected chi connectivity index (χ2v) is 4.63. The molecule has 0 fully saturated rings. The number of carbonyl (C=O) groups excluding carboxylic acids is 1. The molecule has 1 aromatic carbocycles. The van der Waals surface area contributed by atoms with Crippen molar-refractivity contribution < 1.29 is 14.3 Å². The highest BCUT2D eigenvalue weighted by molar-refractivity contribution is 6.01. The van der Waals surface area contributed by atoms with Gasteiger partial charge in [-0.25, -0.2) is 13.9 Å². The van der Waals surface area contributed by atoms with E-state index < -0.39 is 11.7 Å². The van der Waals surface area contributed by atoms with E-state index in [1.165, 1.54) is 29.0 Å². The standard InChI is InChI=1S/C14H10FN4O2/c1-7-2-8(4-9(15)3-7)10-5-11(20)12(13(16)21)14-17-6-18-19(10)14/h2-6,16,20H,1H3. The molecule has 0 aliphatic heterocycles. The Bertz CT molecular complexity index is 853. The van der Waals surface area contributed by atoms with Crippen molar-refractivity contribution in [2.45, 2.75) is 6.92 Å². The summed E-state index contributed by atoms with van der Waals surface area (Å²) in [5.41, 5.74) is 8.59. The summed E-state index contributed by atoms with van der Waals surface area (Å²) in [5.74, 6) is -1.86. The number of aromatic nitrogens is 3. The molecule has 21 heavy (non-hydrogen) atoms. The van der Waals surface area contributed by atoms with E-state index in [4.69, 9.17) is 5.73 Å². The maximum Gasteiger partial charge on any atom is 0.277 e. The number of aryl methyl sites for hydroxylation is 1. The summed E-state index contributed by atoms with van der Waals surface area (Å²) >= 11 is 0. The largest absolute Gasteiger partial charge is 0.507 e. The van der Waals surface area contributed by atoms with Crippen molar-refractivity contribution >= 4 is 11.6 Å². The van der Waals surface area contributed by atoms with Gasteiger partial charge in [0.15, 0.2) is 5.65 Å². The van der Waals surface area contributed by atoms with Gasteiger partial charge in [-0.1, -0.05) is 0 Å². The molecule has 0 unspecified atom stereocenters. The Balaban J connectivity index is 2.36. The zero-order valence-corrected chi connectivity index (χ0v) is 11.0. The lowest BCUT2D eigenvalue weighted by Crippen LogP contribution is -2.06. The minimum absolute atomic E-state index is 0.0620. The van der Waals surface area contributed by atoms with Crippen LogP contribution in [-0.2, 0) is 0 Å². The molecule has 0 saturated heterocycles. The topological polar surface area (TPSA) is 91.3 Å². The van der Waals surface area contributed by atoms with Crippen LogP contribution in [-0.4, -0.2) is 25.6 Å². The molecule has 6 nitrogen and oxygen atoms in total. The highest BCUT2D eigenvalue weighted by Crippen LogP contribution is 2.29. The van der Waals surface area contributed by atoms with Gasteiger partial charge in [-0.15, -0.1) is 0 Å². The minimum Gasteiger partial charge on any atom is -0.507 e. The van der Waals surface area contributed by atoms with E-state index in [1.54, 1.807) is 13.0 Å². The fourth-order valence-electron chi connectivity index (χ4n) is 2.27. The number of pyridine rings is 1. The molecule has 2 N–H and O–H groups in total. The average Bonchev–Trinajstić information content (AvgIpc) is 2.84. The molecule has 1 amide bonds. The third kappa shape index (κ3) is 2.08. The molecule has 0 saturated carbocycles. The van der Waals surface area contributed by atoms with Gasteiger partial charge in [-0.05, 0) is 30.7 Å². The van der Waals surface area contributed by atoms with Gasteiger partial charge < -0.3 is 5.11 Å². The number of nitrogens with zero attached hydrogens (tertiary/aromatic N) is 3. The smallest absolute Gasteiger partial charge is 0.277 e. The van der Waals surface area contributed by atoms with Crippen molar-refractivity contribution in [1.82, 2.24) is 20.3 Å². The summed E-state index contributed by atoms with van der Waals surface area (Å²) in [6.45, 7) is 1.74. The minimum atomic E-state index is -1.06. The van der Waals surface area contributed by atoms with Crippen LogP contribution in [0.3, 0.4) is 0 Å². The zero-order chi connectivity index (χ0) is 15.1. The van der Waals surface area contributed by atoms with Crippen LogP contribution < -0.4 is 5.73 Å². The lowest BCUT2D eigenvalue weighted by molar-refractivity contribution is 0.0990. The number of aromatic hydroxyl groups is 1. The first-order chi connectivity index (χ1) is 9.97. The number of benzene rings is 1. The highest BCUT2D eigenvalue weighted by Gasteiger charge is 2.19. The summed E-state index contributed by atoms with van der Waals surface area (Å²) in [4.78, 5) is 15.2. The van der Waals surface area contributed by atoms with Gasteiger partial charge in [0, 0.05) is 11.6 Å². The van der Waals surface area contributed by atoms with Gasteiger partial charge in [-0.3, -0.25) is 10.5 Å². The fraction of sp³-hybridized carbons (Fsp3) is 0.0714. The van der Waals surface area contributed by atoms with Crippen molar-refractivity contribution in [3.05, 3.63) is 47.5 Å². The Labute approximate surface area is 118 Å². The molecule has 2 heterocycles. The number of hydrogen-bond donors (Lipinski definition) is 1. The molecular weight excluding hydrogens is 275 g/mol. The lowest BCUT2D eigenvalue weighted by atomic mass is 10.1. The van der Waals surface area contributed by atoms with Crippen molar-refractivity contribution in [1.29, 1.82) is 0 Å². The summed E-state index contributed by atoms with van der Waals surface area (Å²) in [6, 6.07) is 5.67. The first-order valence-corrected chi connectivity index (χ1v) is 6.06. The Morgan fingerprint density at radius 2 is 2.10 bits per heavy atom. The quantitative estimate of drug-likeness (QED) is 0.779. The SMILES string of the molecule is Cc1cc(F)cc(-c2cc(O)c(C([NH])=O)c3ncnn23)c1. The van der Waals surface area contributed by atoms with E-state index >= 15 is 0 Å². The van der Waals surface area contributed by atoms with Crippen LogP contribution in [0.1, 0.15) is 15.9 Å². The second kappa shape index (κ2) is 4.55. The van der Waals surface area contributed by atoms with E-state index in [0.717, 1.165) is 0 Å². The summed E-state index contributed by atoms with van der Waals surface area (Å²) in [6.07, 6.45) is 1.21. The van der Waals surface area contributed by atoms with Crippen LogP contribution >= 0.6 is 0 Å². The Kier molecular flexibility index (Phi) is 2.83. The molecule has 1 radical (unpaired) electrons. The van der Waals surface area contributed by atoms with Gasteiger partial charge in [0.2, 0.25) is 0 Å². The Hall–Kier alpha value is -2.96. The zero-order valence-electron chi connectivity index (χ0n) is 11.0. The van der Waals surface area contributed by atoms with Gasteiger partial charge in [0.1, 0.15) is 23.5 Å². The number of rotatable bonds is 2. The number of hydrogen-bond acceptors (Lipinski definition) is 4. The van der Waals surface area contributed by atoms with E-state index in [0.29, 0.717) is 16.8 Å². The maximum atomic E-state index is 13.6. The molecule has 0 spiro atoms. The molecular formula is C14H10FN4O2. The Morgan fingerprint density at radius 3 is 2.76 bits per heavy atom. The molecule has 2 aromatic heterocycles. The van der Waals surface area contributed by atoms with Gasteiger partial charge in [0.05, 0.1) is 5.69 Å². The first kappa shape index (κ1) is 13.0. The number of nitrogens with one attached hydrogen (secondary N) is 1. The molecule has 0 aliphatic rings. The molecule has 0 bridgehead atoms. The third-order valence-corrected chi connectivity index (χ3v) is 3.09. The van der Waals surface area contributed by atoms with Gasteiger partial charge >= 0.3 is 0 Å². The van der Waals surface area contributed by atoms with Crippen LogP contribution in [0.4, 0.5) is 4.39 Å². The molecule has 105 valence electrons. The van der Waals surface area contributed by atoms with Gasteiger partial charge in [-0.2, -0.15) is 5.10 Å². The normalized spacial score (nSPS) is 11.0. The average molecular weight is 285 g/mol. The number of carbonyl (C=O) groups is 1. The van der Waals surface area contributed by atoms with Crippen LogP contribution in [0.15, 0.2) is 30.6 Å². The summed E-state index contributed by atoms with van der Waals surface area (Å²) in [5, 5.41) is 13.9. The second-order valence-electron chi connectivity index (χ2n) is 4.63. The van der Waals surface area contributed by atoms with Crippen molar-refractivity contribution in [3.8, 4) is 17.0 Å². The summed E-state index contributed by atoms with van der Waals surface area (Å²) < 4.78 is 14.9. The third-order valence-electron chi connectivity index (χ3n) is 3.09. The molecule has 0 atom stereocenters. The van der Waals surface area contributed by atoms with Crippen LogP contribution in [0, 0.1) is 12.7 Å². The monoisotopic (exact) mass is 285 g/mol. The number of halogens is 1. The van der Waals surface area contributed by atoms with Crippen LogP contribution in [0.5, 0.6) is 5.75 Å². The van der Waals surface area contributed by atoms with E-state index in [1.807, 2.05) is 0 Å². The molecule has 7 heteroatoms. The number of amides is 1. The van der Waals surface area contributed by atoms with Crippen molar-refractivity contribution in [2.24, 2.45) is 0 Å². The van der Waals surface area contributed by atoms with Crippen molar-refractivity contribution in [3.63, 3.8) is 0 Å². The molecule has 3 rings (SSSR count). The first-order valence-electron chi connectivity index (χ1n) is 6.06. The predicted molar refractivity (Wildman–Crippen MR) is 72.2 cm³/mol. The Morgan fingerprint density at radius 1 is 1.33 bits per heavy atom. The summed E-state index contributed by atoms with van der Waals surface area (Å²) in [7, 11) is 0. The van der Waals surface area contributed by atoms with Crippen LogP contribution in [0.25, 0.3) is 16.9 Å². The van der Waals surface area contributed by atoms with Crippen molar-refractivity contribution in [2.75, 3.05) is 0 Å². The fourth-order valence-corrected chi connectivity index (χ4v) is 2.27. The van der Waals surface area contributed by atoms with Gasteiger partial charge in [0.25, 0.3) is 5.91 Å². The predicted octanol–water partition coefficient (Wildman–Crippen LogP) is 1.97. The number of fused-ring (bicyclic) bond motifs is 1.